The summed E-state index contributed by atoms with van der Waals surface area (Å²) in [6.07, 6.45) is 0. The molecule has 0 aromatic heterocycles. The van der Waals surface area contributed by atoms with Crippen molar-refractivity contribution in [2.45, 2.75) is 19.0 Å². The number of hydrogen-bond donors (Lipinski definition) is 1. The van der Waals surface area contributed by atoms with E-state index in [1.165, 1.54) is 11.6 Å². The topological polar surface area (TPSA) is 33.7 Å². The highest BCUT2D eigenvalue weighted by Crippen LogP contribution is 2.22. The number of benzene rings is 2. The molecule has 2 aromatic carbocycles. The molecule has 134 valence electrons. The normalized spacial score (nSPS) is 18.8. The fourth-order valence-corrected chi connectivity index (χ4v) is 3.16. The second-order valence-corrected chi connectivity index (χ2v) is 6.31. The van der Waals surface area contributed by atoms with Crippen LogP contribution in [0, 0.1) is 5.82 Å². The Morgan fingerprint density at radius 2 is 2.12 bits per heavy atom. The number of halogens is 1. The molecule has 0 amide bonds. The number of morpholine rings is 1. The maximum Gasteiger partial charge on any atom is 0.125 e. The lowest BCUT2D eigenvalue weighted by molar-refractivity contribution is 0.0930. The minimum absolute atomic E-state index is 0.170. The van der Waals surface area contributed by atoms with Gasteiger partial charge in [-0.15, -0.1) is 0 Å². The van der Waals surface area contributed by atoms with E-state index in [-0.39, 0.29) is 17.9 Å². The fourth-order valence-electron chi connectivity index (χ4n) is 3.16. The zero-order valence-corrected chi connectivity index (χ0v) is 14.7. The zero-order chi connectivity index (χ0) is 17.6. The molecule has 2 aromatic rings. The highest BCUT2D eigenvalue weighted by molar-refractivity contribution is 5.48. The maximum absolute atomic E-state index is 13.6. The van der Waals surface area contributed by atoms with E-state index in [1.807, 2.05) is 24.3 Å². The van der Waals surface area contributed by atoms with E-state index in [0.717, 1.165) is 24.5 Å². The van der Waals surface area contributed by atoms with Crippen molar-refractivity contribution >= 4 is 5.69 Å². The summed E-state index contributed by atoms with van der Waals surface area (Å²) in [5.41, 5.74) is 2.08. The van der Waals surface area contributed by atoms with Gasteiger partial charge in [-0.25, -0.2) is 4.39 Å². The number of ether oxygens (including phenoxy) is 2. The number of rotatable bonds is 6. The van der Waals surface area contributed by atoms with Gasteiger partial charge in [-0.2, -0.15) is 0 Å². The van der Waals surface area contributed by atoms with Crippen LogP contribution in [-0.2, 0) is 4.74 Å². The van der Waals surface area contributed by atoms with Crippen LogP contribution in [0.5, 0.6) is 5.75 Å². The summed E-state index contributed by atoms with van der Waals surface area (Å²) < 4.78 is 24.5. The minimum atomic E-state index is -0.208. The van der Waals surface area contributed by atoms with Crippen molar-refractivity contribution in [1.82, 2.24) is 5.32 Å². The lowest BCUT2D eigenvalue weighted by Gasteiger charge is -2.38. The molecule has 1 saturated heterocycles. The Morgan fingerprint density at radius 1 is 1.28 bits per heavy atom. The monoisotopic (exact) mass is 344 g/mol. The highest BCUT2D eigenvalue weighted by atomic mass is 19.1. The van der Waals surface area contributed by atoms with Gasteiger partial charge >= 0.3 is 0 Å². The summed E-state index contributed by atoms with van der Waals surface area (Å²) in [5, 5.41) is 3.56. The molecular formula is C20H25FN2O2. The van der Waals surface area contributed by atoms with Gasteiger partial charge in [-0.3, -0.25) is 0 Å². The molecule has 0 aliphatic carbocycles. The summed E-state index contributed by atoms with van der Waals surface area (Å²) in [5.74, 6) is 0.647. The van der Waals surface area contributed by atoms with Gasteiger partial charge in [0, 0.05) is 24.8 Å². The summed E-state index contributed by atoms with van der Waals surface area (Å²) in [6.45, 7) is 4.95. The molecule has 1 heterocycles. The summed E-state index contributed by atoms with van der Waals surface area (Å²) in [6, 6.07) is 15.2. The van der Waals surface area contributed by atoms with Crippen LogP contribution in [0.1, 0.15) is 18.5 Å². The smallest absolute Gasteiger partial charge is 0.125 e. The number of methoxy groups -OCH3 is 1. The lowest BCUT2D eigenvalue weighted by atomic mass is 10.1. The molecule has 25 heavy (non-hydrogen) atoms. The zero-order valence-electron chi connectivity index (χ0n) is 14.7. The predicted molar refractivity (Wildman–Crippen MR) is 97.8 cm³/mol. The van der Waals surface area contributed by atoms with Gasteiger partial charge in [0.15, 0.2) is 0 Å². The summed E-state index contributed by atoms with van der Waals surface area (Å²) in [4.78, 5) is 2.22. The van der Waals surface area contributed by atoms with Crippen LogP contribution in [0.3, 0.4) is 0 Å². The molecule has 0 bridgehead atoms. The first kappa shape index (κ1) is 17.7. The average Bonchev–Trinajstić information content (AvgIpc) is 2.66. The second kappa shape index (κ2) is 8.32. The SMILES string of the molecule is COc1cccc(C(C)NCC2COCCN2c2cccc(F)c2)c1. The third-order valence-electron chi connectivity index (χ3n) is 4.62. The van der Waals surface area contributed by atoms with Crippen LogP contribution in [0.4, 0.5) is 10.1 Å². The Hall–Kier alpha value is -2.11. The van der Waals surface area contributed by atoms with Crippen molar-refractivity contribution < 1.29 is 13.9 Å². The molecule has 1 aliphatic rings. The molecule has 4 nitrogen and oxygen atoms in total. The first-order chi connectivity index (χ1) is 12.2. The molecular weight excluding hydrogens is 319 g/mol. The Kier molecular flexibility index (Phi) is 5.89. The quantitative estimate of drug-likeness (QED) is 0.871. The van der Waals surface area contributed by atoms with Crippen LogP contribution in [-0.4, -0.2) is 39.5 Å². The van der Waals surface area contributed by atoms with Crippen molar-refractivity contribution in [1.29, 1.82) is 0 Å². The summed E-state index contributed by atoms with van der Waals surface area (Å²) >= 11 is 0. The van der Waals surface area contributed by atoms with Crippen LogP contribution < -0.4 is 15.0 Å². The predicted octanol–water partition coefficient (Wildman–Crippen LogP) is 3.39. The van der Waals surface area contributed by atoms with Crippen molar-refractivity contribution in [2.75, 3.05) is 38.3 Å². The molecule has 1 fully saturated rings. The Balaban J connectivity index is 1.65. The van der Waals surface area contributed by atoms with Gasteiger partial charge < -0.3 is 19.7 Å². The van der Waals surface area contributed by atoms with Crippen molar-refractivity contribution in [3.05, 3.63) is 59.9 Å². The van der Waals surface area contributed by atoms with Gasteiger partial charge in [0.2, 0.25) is 0 Å². The number of hydrogen-bond acceptors (Lipinski definition) is 4. The molecule has 3 rings (SSSR count). The standard InChI is InChI=1S/C20H25FN2O2/c1-15(16-5-3-8-20(11-16)24-2)22-13-19-14-25-10-9-23(19)18-7-4-6-17(21)12-18/h3-8,11-12,15,19,22H,9-10,13-14H2,1-2H3. The Morgan fingerprint density at radius 3 is 2.92 bits per heavy atom. The van der Waals surface area contributed by atoms with Crippen molar-refractivity contribution in [3.8, 4) is 5.75 Å². The van der Waals surface area contributed by atoms with Crippen LogP contribution >= 0.6 is 0 Å². The molecule has 2 unspecified atom stereocenters. The van der Waals surface area contributed by atoms with E-state index in [9.17, 15) is 4.39 Å². The highest BCUT2D eigenvalue weighted by Gasteiger charge is 2.24. The Labute approximate surface area is 148 Å². The molecule has 1 aliphatic heterocycles. The molecule has 1 N–H and O–H groups in total. The number of anilines is 1. The van der Waals surface area contributed by atoms with Gasteiger partial charge in [-0.05, 0) is 42.8 Å². The molecule has 0 radical (unpaired) electrons. The first-order valence-corrected chi connectivity index (χ1v) is 8.64. The second-order valence-electron chi connectivity index (χ2n) is 6.31. The van der Waals surface area contributed by atoms with Gasteiger partial charge in [-0.1, -0.05) is 18.2 Å². The van der Waals surface area contributed by atoms with E-state index in [1.54, 1.807) is 19.2 Å². The lowest BCUT2D eigenvalue weighted by Crippen LogP contribution is -2.50. The van der Waals surface area contributed by atoms with Crippen molar-refractivity contribution in [2.24, 2.45) is 0 Å². The number of nitrogens with zero attached hydrogens (tertiary/aromatic N) is 1. The molecule has 2 atom stereocenters. The van der Waals surface area contributed by atoms with Crippen LogP contribution in [0.2, 0.25) is 0 Å². The number of nitrogens with one attached hydrogen (secondary N) is 1. The third kappa shape index (κ3) is 4.50. The van der Waals surface area contributed by atoms with Crippen LogP contribution in [0.15, 0.2) is 48.5 Å². The van der Waals surface area contributed by atoms with Crippen molar-refractivity contribution in [3.63, 3.8) is 0 Å². The largest absolute Gasteiger partial charge is 0.497 e. The average molecular weight is 344 g/mol. The molecule has 0 spiro atoms. The molecule has 5 heteroatoms. The minimum Gasteiger partial charge on any atom is -0.497 e. The van der Waals surface area contributed by atoms with Gasteiger partial charge in [0.25, 0.3) is 0 Å². The van der Waals surface area contributed by atoms with E-state index in [2.05, 4.69) is 23.2 Å². The molecule has 0 saturated carbocycles. The fraction of sp³-hybridized carbons (Fsp3) is 0.400. The van der Waals surface area contributed by atoms with E-state index in [4.69, 9.17) is 9.47 Å². The summed E-state index contributed by atoms with van der Waals surface area (Å²) in [7, 11) is 1.67. The van der Waals surface area contributed by atoms with E-state index in [0.29, 0.717) is 13.2 Å². The van der Waals surface area contributed by atoms with Gasteiger partial charge in [0.1, 0.15) is 11.6 Å². The third-order valence-corrected chi connectivity index (χ3v) is 4.62. The first-order valence-electron chi connectivity index (χ1n) is 8.64. The maximum atomic E-state index is 13.6. The Bertz CT molecular complexity index is 695. The van der Waals surface area contributed by atoms with E-state index >= 15 is 0 Å². The van der Waals surface area contributed by atoms with Crippen LogP contribution in [0.25, 0.3) is 0 Å². The van der Waals surface area contributed by atoms with Gasteiger partial charge in [0.05, 0.1) is 26.4 Å². The van der Waals surface area contributed by atoms with E-state index < -0.39 is 0 Å².